The van der Waals surface area contributed by atoms with E-state index in [-0.39, 0.29) is 17.7 Å². The SMILES string of the molecule is CCc1c(CNC2CCCCC2O)cccc1Nc1c(C(N)=O)cnc2[nH]c(-c3ccc(N4CCOCC4)cc3)nc12. The average Bonchev–Trinajstić information content (AvgIpc) is 3.46. The maximum atomic E-state index is 12.5. The molecule has 2 aromatic carbocycles. The summed E-state index contributed by atoms with van der Waals surface area (Å²) in [6.45, 7) is 5.98. The summed E-state index contributed by atoms with van der Waals surface area (Å²) in [5, 5.41) is 17.5. The number of carbonyl (C=O) groups is 1. The topological polar surface area (TPSA) is 141 Å². The van der Waals surface area contributed by atoms with Gasteiger partial charge in [-0.25, -0.2) is 9.97 Å². The summed E-state index contributed by atoms with van der Waals surface area (Å²) in [5.74, 6) is 0.0869. The zero-order valence-corrected chi connectivity index (χ0v) is 24.0. The van der Waals surface area contributed by atoms with Crippen LogP contribution in [0.4, 0.5) is 17.1 Å². The number of benzene rings is 2. The molecule has 0 radical (unpaired) electrons. The summed E-state index contributed by atoms with van der Waals surface area (Å²) >= 11 is 0. The largest absolute Gasteiger partial charge is 0.392 e. The Balaban J connectivity index is 1.30. The summed E-state index contributed by atoms with van der Waals surface area (Å²) in [6.07, 6.45) is 6.02. The zero-order valence-electron chi connectivity index (χ0n) is 24.0. The first-order chi connectivity index (χ1) is 20.5. The molecule has 0 spiro atoms. The minimum absolute atomic E-state index is 0.103. The molecule has 2 aliphatic rings. The van der Waals surface area contributed by atoms with E-state index in [1.807, 2.05) is 24.3 Å². The lowest BCUT2D eigenvalue weighted by Crippen LogP contribution is -2.41. The molecule has 10 nitrogen and oxygen atoms in total. The number of aliphatic hydroxyl groups excluding tert-OH is 1. The molecule has 2 atom stereocenters. The monoisotopic (exact) mass is 569 g/mol. The van der Waals surface area contributed by atoms with Gasteiger partial charge in [-0.15, -0.1) is 0 Å². The number of nitrogens with two attached hydrogens (primary N) is 1. The van der Waals surface area contributed by atoms with Crippen molar-refractivity contribution in [2.75, 3.05) is 36.5 Å². The second kappa shape index (κ2) is 12.5. The van der Waals surface area contributed by atoms with E-state index in [1.54, 1.807) is 0 Å². The number of imidazole rings is 1. The van der Waals surface area contributed by atoms with Gasteiger partial charge in [-0.1, -0.05) is 31.9 Å². The maximum Gasteiger partial charge on any atom is 0.252 e. The van der Waals surface area contributed by atoms with E-state index in [0.29, 0.717) is 29.2 Å². The van der Waals surface area contributed by atoms with Crippen molar-refractivity contribution in [1.82, 2.24) is 20.3 Å². The number of rotatable bonds is 9. The molecule has 1 aliphatic carbocycles. The van der Waals surface area contributed by atoms with E-state index >= 15 is 0 Å². The fourth-order valence-electron chi connectivity index (χ4n) is 6.11. The smallest absolute Gasteiger partial charge is 0.252 e. The number of hydrogen-bond acceptors (Lipinski definition) is 8. The van der Waals surface area contributed by atoms with Crippen LogP contribution in [-0.2, 0) is 17.7 Å². The summed E-state index contributed by atoms with van der Waals surface area (Å²) in [5.41, 5.74) is 13.0. The highest BCUT2D eigenvalue weighted by atomic mass is 16.5. The van der Waals surface area contributed by atoms with Gasteiger partial charge in [0.1, 0.15) is 11.3 Å². The second-order valence-corrected chi connectivity index (χ2v) is 11.1. The Morgan fingerprint density at radius 2 is 1.93 bits per heavy atom. The standard InChI is InChI=1S/C32H39N7O3/c1-2-23-21(18-34-26-7-3-4-9-27(26)40)6-5-8-25(23)36-28-24(30(33)41)19-35-32-29(28)37-31(38-32)20-10-12-22(13-11-20)39-14-16-42-17-15-39/h5-6,8,10-13,19,26-27,34,40H,2-4,7,9,14-18H2,1H3,(H2,33,41)(H2,35,36,37,38). The summed E-state index contributed by atoms with van der Waals surface area (Å²) in [7, 11) is 0. The fourth-order valence-corrected chi connectivity index (χ4v) is 6.11. The van der Waals surface area contributed by atoms with Crippen LogP contribution < -0.4 is 21.3 Å². The fraction of sp³-hybridized carbons (Fsp3) is 0.406. The van der Waals surface area contributed by atoms with Gasteiger partial charge in [0.15, 0.2) is 5.65 Å². The number of aromatic amines is 1. The summed E-state index contributed by atoms with van der Waals surface area (Å²) < 4.78 is 5.48. The van der Waals surface area contributed by atoms with Crippen LogP contribution in [0.2, 0.25) is 0 Å². The van der Waals surface area contributed by atoms with Crippen LogP contribution in [0.15, 0.2) is 48.7 Å². The molecule has 10 heteroatoms. The molecule has 3 heterocycles. The number of fused-ring (bicyclic) bond motifs is 1. The van der Waals surface area contributed by atoms with Crippen molar-refractivity contribution in [2.24, 2.45) is 5.73 Å². The number of ether oxygens (including phenoxy) is 1. The first-order valence-electron chi connectivity index (χ1n) is 14.9. The molecule has 6 rings (SSSR count). The number of carbonyl (C=O) groups excluding carboxylic acids is 1. The number of nitrogens with one attached hydrogen (secondary N) is 3. The van der Waals surface area contributed by atoms with Gasteiger partial charge < -0.3 is 36.1 Å². The van der Waals surface area contributed by atoms with E-state index in [0.717, 1.165) is 86.5 Å². The molecule has 6 N–H and O–H groups in total. The number of pyridine rings is 1. The van der Waals surface area contributed by atoms with Crippen LogP contribution in [0.25, 0.3) is 22.6 Å². The minimum Gasteiger partial charge on any atom is -0.392 e. The van der Waals surface area contributed by atoms with Gasteiger partial charge in [-0.2, -0.15) is 0 Å². The van der Waals surface area contributed by atoms with Gasteiger partial charge in [0.25, 0.3) is 5.91 Å². The van der Waals surface area contributed by atoms with E-state index in [2.05, 4.69) is 50.6 Å². The molecule has 42 heavy (non-hydrogen) atoms. The number of H-pyrrole nitrogens is 1. The Kier molecular flexibility index (Phi) is 8.36. The third kappa shape index (κ3) is 5.83. The number of morpholine rings is 1. The first kappa shape index (κ1) is 28.1. The number of aliphatic hydroxyl groups is 1. The van der Waals surface area contributed by atoms with E-state index < -0.39 is 5.91 Å². The molecular weight excluding hydrogens is 530 g/mol. The van der Waals surface area contributed by atoms with Crippen molar-refractivity contribution in [3.63, 3.8) is 0 Å². The number of hydrogen-bond donors (Lipinski definition) is 5. The van der Waals surface area contributed by atoms with Crippen molar-refractivity contribution >= 4 is 34.1 Å². The van der Waals surface area contributed by atoms with Gasteiger partial charge in [-0.3, -0.25) is 4.79 Å². The lowest BCUT2D eigenvalue weighted by molar-refractivity contribution is 0.0902. The second-order valence-electron chi connectivity index (χ2n) is 11.1. The van der Waals surface area contributed by atoms with Gasteiger partial charge in [-0.05, 0) is 60.7 Å². The van der Waals surface area contributed by atoms with Gasteiger partial charge in [0.05, 0.1) is 30.6 Å². The van der Waals surface area contributed by atoms with Crippen LogP contribution in [0.1, 0.15) is 54.1 Å². The lowest BCUT2D eigenvalue weighted by atomic mass is 9.92. The van der Waals surface area contributed by atoms with Gasteiger partial charge >= 0.3 is 0 Å². The predicted molar refractivity (Wildman–Crippen MR) is 165 cm³/mol. The molecule has 220 valence electrons. The molecular formula is C32H39N7O3. The number of primary amides is 1. The highest BCUT2D eigenvalue weighted by Gasteiger charge is 2.23. The molecule has 2 aromatic heterocycles. The normalized spacial score (nSPS) is 19.2. The maximum absolute atomic E-state index is 12.5. The van der Waals surface area contributed by atoms with Crippen LogP contribution >= 0.6 is 0 Å². The molecule has 2 unspecified atom stereocenters. The predicted octanol–water partition coefficient (Wildman–Crippen LogP) is 4.26. The van der Waals surface area contributed by atoms with Crippen LogP contribution in [-0.4, -0.2) is 64.4 Å². The van der Waals surface area contributed by atoms with Crippen molar-refractivity contribution in [2.45, 2.75) is 57.7 Å². The molecule has 1 amide bonds. The average molecular weight is 570 g/mol. The van der Waals surface area contributed by atoms with Crippen LogP contribution in [0.5, 0.6) is 0 Å². The quantitative estimate of drug-likeness (QED) is 0.201. The van der Waals surface area contributed by atoms with Crippen LogP contribution in [0.3, 0.4) is 0 Å². The Labute approximate surface area is 245 Å². The summed E-state index contributed by atoms with van der Waals surface area (Å²) in [4.78, 5) is 27.5. The Hall–Kier alpha value is -3.99. The van der Waals surface area contributed by atoms with Gasteiger partial charge in [0.2, 0.25) is 0 Å². The van der Waals surface area contributed by atoms with Crippen molar-refractivity contribution in [3.8, 4) is 11.4 Å². The third-order valence-corrected chi connectivity index (χ3v) is 8.47. The van der Waals surface area contributed by atoms with E-state index in [9.17, 15) is 9.90 Å². The van der Waals surface area contributed by atoms with E-state index in [1.165, 1.54) is 6.20 Å². The number of aromatic nitrogens is 3. The Bertz CT molecular complexity index is 1550. The van der Waals surface area contributed by atoms with Crippen molar-refractivity contribution in [3.05, 3.63) is 65.4 Å². The Morgan fingerprint density at radius 3 is 2.67 bits per heavy atom. The van der Waals surface area contributed by atoms with E-state index in [4.69, 9.17) is 15.5 Å². The highest BCUT2D eigenvalue weighted by Crippen LogP contribution is 2.33. The number of nitrogens with zero attached hydrogens (tertiary/aromatic N) is 3. The van der Waals surface area contributed by atoms with Gasteiger partial charge in [0, 0.05) is 48.8 Å². The number of amides is 1. The Morgan fingerprint density at radius 1 is 1.14 bits per heavy atom. The summed E-state index contributed by atoms with van der Waals surface area (Å²) in [6, 6.07) is 14.5. The molecule has 1 aliphatic heterocycles. The van der Waals surface area contributed by atoms with Crippen molar-refractivity contribution in [1.29, 1.82) is 0 Å². The minimum atomic E-state index is -0.575. The molecule has 1 saturated carbocycles. The zero-order chi connectivity index (χ0) is 29.1. The molecule has 1 saturated heterocycles. The molecule has 0 bridgehead atoms. The number of anilines is 3. The van der Waals surface area contributed by atoms with Crippen LogP contribution in [0, 0.1) is 0 Å². The third-order valence-electron chi connectivity index (χ3n) is 8.47. The lowest BCUT2D eigenvalue weighted by Gasteiger charge is -2.29. The molecule has 2 fully saturated rings. The van der Waals surface area contributed by atoms with Crippen molar-refractivity contribution < 1.29 is 14.6 Å². The highest BCUT2D eigenvalue weighted by molar-refractivity contribution is 6.06. The molecule has 4 aromatic rings. The first-order valence-corrected chi connectivity index (χ1v) is 14.9.